The number of alkyl halides is 6. The van der Waals surface area contributed by atoms with E-state index in [4.69, 9.17) is 0 Å². The zero-order chi connectivity index (χ0) is 34.1. The van der Waals surface area contributed by atoms with Gasteiger partial charge in [-0.15, -0.1) is 26.3 Å². The van der Waals surface area contributed by atoms with E-state index in [1.807, 2.05) is 0 Å². The lowest BCUT2D eigenvalue weighted by Crippen LogP contribution is -2.63. The van der Waals surface area contributed by atoms with Crippen LogP contribution in [-0.2, 0) is 14.4 Å². The highest BCUT2D eigenvalue weighted by Gasteiger charge is 2.66. The molecule has 0 N–H and O–H groups in total. The Hall–Kier alpha value is -3.28. The minimum atomic E-state index is -5.16. The Morgan fingerprint density at radius 2 is 1.36 bits per heavy atom. The van der Waals surface area contributed by atoms with Crippen molar-refractivity contribution in [1.29, 1.82) is 0 Å². The molecule has 252 valence electrons. The highest BCUT2D eigenvalue weighted by atomic mass is 32.2. The van der Waals surface area contributed by atoms with Crippen molar-refractivity contribution in [2.24, 2.45) is 40.4 Å². The Balaban J connectivity index is 1.50. The monoisotopic (exact) mass is 678 g/mol. The largest absolute Gasteiger partial charge is 0.491 e. The van der Waals surface area contributed by atoms with Gasteiger partial charge in [0.05, 0.1) is 22.9 Å². The summed E-state index contributed by atoms with van der Waals surface area (Å²) < 4.78 is 87.4. The van der Waals surface area contributed by atoms with Crippen LogP contribution in [0, 0.1) is 40.4 Å². The van der Waals surface area contributed by atoms with Crippen molar-refractivity contribution >= 4 is 40.1 Å². The number of fused-ring (bicyclic) bond motifs is 5. The van der Waals surface area contributed by atoms with E-state index in [1.54, 1.807) is 13.8 Å². The Labute approximate surface area is 273 Å². The van der Waals surface area contributed by atoms with E-state index in [-0.39, 0.29) is 38.7 Å². The fourth-order valence-electron chi connectivity index (χ4n) is 9.40. The second-order valence-electron chi connectivity index (χ2n) is 13.9. The van der Waals surface area contributed by atoms with Crippen LogP contribution >= 0.6 is 11.8 Å². The van der Waals surface area contributed by atoms with Crippen molar-refractivity contribution in [2.45, 2.75) is 70.7 Å². The maximum Gasteiger partial charge on any atom is 0.491 e. The average molecular weight is 679 g/mol. The van der Waals surface area contributed by atoms with Crippen LogP contribution in [0.3, 0.4) is 0 Å². The summed E-state index contributed by atoms with van der Waals surface area (Å²) >= 11 is 0.535. The van der Waals surface area contributed by atoms with Gasteiger partial charge in [0, 0.05) is 10.7 Å². The molecule has 3 fully saturated rings. The van der Waals surface area contributed by atoms with Crippen molar-refractivity contribution in [3.8, 4) is 0 Å². The van der Waals surface area contributed by atoms with Crippen LogP contribution in [-0.4, -0.2) is 34.8 Å². The van der Waals surface area contributed by atoms with Gasteiger partial charge in [-0.2, -0.15) is 0 Å². The predicted octanol–water partition coefficient (Wildman–Crippen LogP) is 8.77. The standard InChI is InChI=1S/C35H36F6N2O3S/c1-20-26-24-15-10-17-32(24,2)18-16-25(26)33(3)19-23(29(44)42(34(36,37)38)21-11-6-4-7-12-21)31(46)47-28(33)27(20)30(45)43(35(39,40)41)22-13-8-5-9-14-22/h4-9,11-14,19-20,24-28H,10,15-18H2,1-3H3/t20?,24-,25+,26-,27?,28?,32-,33+/m0/s1. The van der Waals surface area contributed by atoms with Gasteiger partial charge < -0.3 is 0 Å². The average Bonchev–Trinajstić information content (AvgIpc) is 3.39. The molecule has 0 radical (unpaired) electrons. The van der Waals surface area contributed by atoms with Crippen LogP contribution in [0.15, 0.2) is 72.3 Å². The number of carbonyl (C=O) groups excluding carboxylic acids is 3. The number of anilines is 2. The van der Waals surface area contributed by atoms with Gasteiger partial charge in [-0.25, -0.2) is 9.80 Å². The number of carbonyl (C=O) groups is 3. The third-order valence-corrected chi connectivity index (χ3v) is 12.9. The van der Waals surface area contributed by atoms with Crippen LogP contribution in [0.4, 0.5) is 37.7 Å². The topological polar surface area (TPSA) is 57.7 Å². The fourth-order valence-corrected chi connectivity index (χ4v) is 10.9. The number of nitrogens with zero attached hydrogens (tertiary/aromatic N) is 2. The Morgan fingerprint density at radius 1 is 0.809 bits per heavy atom. The van der Waals surface area contributed by atoms with E-state index >= 15 is 0 Å². The minimum absolute atomic E-state index is 0.0755. The van der Waals surface area contributed by atoms with Crippen LogP contribution in [0.2, 0.25) is 0 Å². The molecule has 6 rings (SSSR count). The number of thioether (sulfide) groups is 1. The zero-order valence-corrected chi connectivity index (χ0v) is 27.0. The number of allylic oxidation sites excluding steroid dienone is 1. The summed E-state index contributed by atoms with van der Waals surface area (Å²) in [6.45, 7) is 5.68. The molecule has 0 bridgehead atoms. The molecule has 47 heavy (non-hydrogen) atoms. The number of benzene rings is 2. The third kappa shape index (κ3) is 5.57. The Morgan fingerprint density at radius 3 is 1.91 bits per heavy atom. The first-order valence-corrected chi connectivity index (χ1v) is 16.7. The second kappa shape index (κ2) is 11.7. The maximum atomic E-state index is 14.7. The molecule has 2 aromatic rings. The Kier molecular flexibility index (Phi) is 8.37. The molecule has 1 aliphatic heterocycles. The van der Waals surface area contributed by atoms with Crippen LogP contribution in [0.25, 0.3) is 0 Å². The van der Waals surface area contributed by atoms with Crippen molar-refractivity contribution in [3.05, 3.63) is 72.3 Å². The van der Waals surface area contributed by atoms with E-state index in [0.717, 1.165) is 37.8 Å². The van der Waals surface area contributed by atoms with Gasteiger partial charge in [0.1, 0.15) is 0 Å². The van der Waals surface area contributed by atoms with Gasteiger partial charge >= 0.3 is 12.6 Å². The number of hydrogen-bond donors (Lipinski definition) is 0. The lowest BCUT2D eigenvalue weighted by atomic mass is 9.45. The highest BCUT2D eigenvalue weighted by molar-refractivity contribution is 8.14. The molecule has 1 heterocycles. The van der Waals surface area contributed by atoms with Crippen molar-refractivity contribution < 1.29 is 40.7 Å². The second-order valence-corrected chi connectivity index (χ2v) is 15.0. The summed E-state index contributed by atoms with van der Waals surface area (Å²) in [5.41, 5.74) is -2.83. The maximum absolute atomic E-state index is 14.7. The molecule has 3 aliphatic carbocycles. The quantitative estimate of drug-likeness (QED) is 0.184. The summed E-state index contributed by atoms with van der Waals surface area (Å²) in [6, 6.07) is 13.1. The van der Waals surface area contributed by atoms with E-state index in [0.29, 0.717) is 18.2 Å². The summed E-state index contributed by atoms with van der Waals surface area (Å²) in [6.07, 6.45) is -4.85. The first-order chi connectivity index (χ1) is 22.0. The van der Waals surface area contributed by atoms with Gasteiger partial charge in [0.2, 0.25) is 11.0 Å². The van der Waals surface area contributed by atoms with E-state index in [9.17, 15) is 40.7 Å². The molecule has 2 aromatic carbocycles. The molecule has 3 saturated carbocycles. The first kappa shape index (κ1) is 33.6. The fraction of sp³-hybridized carbons (Fsp3) is 0.514. The predicted molar refractivity (Wildman–Crippen MR) is 167 cm³/mol. The lowest BCUT2D eigenvalue weighted by molar-refractivity contribution is -0.160. The van der Waals surface area contributed by atoms with Gasteiger partial charge in [-0.3, -0.25) is 14.4 Å². The van der Waals surface area contributed by atoms with E-state index < -0.39 is 63.3 Å². The first-order valence-electron chi connectivity index (χ1n) is 15.8. The Bertz CT molecular complexity index is 1580. The summed E-state index contributed by atoms with van der Waals surface area (Å²) in [5, 5.41) is -2.03. The number of para-hydroxylation sites is 2. The molecule has 5 nitrogen and oxygen atoms in total. The SMILES string of the molecule is CC1C(C(=O)N(c2ccccc2)C(F)(F)F)C2SC(=O)C(C(=O)N(c3ccccc3)C(F)(F)F)=C[C@]2(C)[C@@H]2CC[C@]3(C)CCC[C@H]3[C@H]12. The number of hydrogen-bond acceptors (Lipinski definition) is 4. The summed E-state index contributed by atoms with van der Waals surface area (Å²) in [7, 11) is 0. The number of halogens is 6. The summed E-state index contributed by atoms with van der Waals surface area (Å²) in [4.78, 5) is 41.3. The normalized spacial score (nSPS) is 33.6. The van der Waals surface area contributed by atoms with Crippen molar-refractivity contribution in [3.63, 3.8) is 0 Å². The third-order valence-electron chi connectivity index (χ3n) is 11.4. The van der Waals surface area contributed by atoms with Crippen LogP contribution < -0.4 is 9.80 Å². The van der Waals surface area contributed by atoms with Crippen molar-refractivity contribution in [1.82, 2.24) is 0 Å². The van der Waals surface area contributed by atoms with Gasteiger partial charge in [-0.1, -0.05) is 81.4 Å². The van der Waals surface area contributed by atoms with Crippen molar-refractivity contribution in [2.75, 3.05) is 9.80 Å². The van der Waals surface area contributed by atoms with E-state index in [2.05, 4.69) is 6.92 Å². The molecule has 0 aromatic heterocycles. The molecule has 8 atom stereocenters. The molecular weight excluding hydrogens is 642 g/mol. The molecule has 2 amide bonds. The smallest absolute Gasteiger partial charge is 0.281 e. The van der Waals surface area contributed by atoms with Gasteiger partial charge in [0.25, 0.3) is 5.91 Å². The molecule has 0 spiro atoms. The molecule has 3 unspecified atom stereocenters. The van der Waals surface area contributed by atoms with Gasteiger partial charge in [0.15, 0.2) is 0 Å². The number of amides is 2. The molecule has 4 aliphatic rings. The van der Waals surface area contributed by atoms with E-state index in [1.165, 1.54) is 54.6 Å². The molecular formula is C35H36F6N2O3S. The molecule has 0 saturated heterocycles. The molecule has 12 heteroatoms. The summed E-state index contributed by atoms with van der Waals surface area (Å²) in [5.74, 6) is -5.07. The zero-order valence-electron chi connectivity index (χ0n) is 26.1. The highest BCUT2D eigenvalue weighted by Crippen LogP contribution is 2.68. The minimum Gasteiger partial charge on any atom is -0.281 e. The van der Waals surface area contributed by atoms with Crippen LogP contribution in [0.1, 0.15) is 52.9 Å². The number of rotatable bonds is 4. The van der Waals surface area contributed by atoms with Gasteiger partial charge in [-0.05, 0) is 79.0 Å². The lowest BCUT2D eigenvalue weighted by Gasteiger charge is -2.62. The van der Waals surface area contributed by atoms with Crippen LogP contribution in [0.5, 0.6) is 0 Å².